The maximum atomic E-state index is 13.8. The van der Waals surface area contributed by atoms with Crippen molar-refractivity contribution in [3.63, 3.8) is 0 Å². The summed E-state index contributed by atoms with van der Waals surface area (Å²) < 4.78 is 10.9. The Hall–Kier alpha value is -3.72. The number of aromatic hydroxyl groups is 1. The Balaban J connectivity index is 1.72. The van der Waals surface area contributed by atoms with Crippen LogP contribution in [0.1, 0.15) is 43.0 Å². The molecule has 4 N–H and O–H groups in total. The highest BCUT2D eigenvalue weighted by molar-refractivity contribution is 6.25. The molecular formula is C29H35N5O6. The number of nitrogens with one attached hydrogen (secondary N) is 1. The van der Waals surface area contributed by atoms with Crippen molar-refractivity contribution in [3.8, 4) is 17.6 Å². The minimum absolute atomic E-state index is 0.0256. The lowest BCUT2D eigenvalue weighted by Crippen LogP contribution is -2.71. The Morgan fingerprint density at radius 2 is 1.93 bits per heavy atom. The SMILES string of the molecule is COC1=C(C)C(=O)C2=C(C1=O)[C@H](CNC(=O)C(C)N)N1[C@@H](C#N)[C@H]3Cc4cc(C)c(OC)c(O)c4[C@H]([C@@H]1C2)N3C. The second-order valence-corrected chi connectivity index (χ2v) is 11.1. The molecule has 0 aromatic heterocycles. The summed E-state index contributed by atoms with van der Waals surface area (Å²) >= 11 is 0. The minimum Gasteiger partial charge on any atom is -0.504 e. The van der Waals surface area contributed by atoms with E-state index in [1.165, 1.54) is 14.2 Å². The van der Waals surface area contributed by atoms with Crippen molar-refractivity contribution in [1.29, 1.82) is 5.26 Å². The molecule has 0 radical (unpaired) electrons. The first-order valence-corrected chi connectivity index (χ1v) is 13.4. The molecule has 1 amide bonds. The number of methoxy groups -OCH3 is 2. The number of nitrogens with zero attached hydrogens (tertiary/aromatic N) is 3. The summed E-state index contributed by atoms with van der Waals surface area (Å²) in [7, 11) is 4.78. The summed E-state index contributed by atoms with van der Waals surface area (Å²) in [6.45, 7) is 4.97. The van der Waals surface area contributed by atoms with Gasteiger partial charge in [-0.25, -0.2) is 0 Å². The standard InChI is InChI=1S/C29H35N5O6/c1-12-7-15-8-17-19(10-30)34-18(23(33(17)4)21(15)25(36)27(12)39-5)9-16-22(20(34)11-32-29(38)14(3)31)26(37)28(40-6)13(2)24(16)35/h7,14,17-20,23,36H,8-9,11,31H2,1-6H3,(H,32,38)/t14?,17-,18+,19+,20+,23+/m1/s1. The third-order valence-electron chi connectivity index (χ3n) is 8.95. The van der Waals surface area contributed by atoms with Gasteiger partial charge in [0.15, 0.2) is 23.0 Å². The first-order valence-electron chi connectivity index (χ1n) is 13.4. The number of ether oxygens (including phenoxy) is 2. The summed E-state index contributed by atoms with van der Waals surface area (Å²) in [5, 5.41) is 24.8. The Kier molecular flexibility index (Phi) is 6.98. The van der Waals surface area contributed by atoms with E-state index in [1.807, 2.05) is 24.9 Å². The van der Waals surface area contributed by atoms with Gasteiger partial charge in [-0.1, -0.05) is 6.07 Å². The molecule has 1 fully saturated rings. The number of phenols is 1. The molecule has 1 unspecified atom stereocenters. The van der Waals surface area contributed by atoms with Crippen LogP contribution in [0.25, 0.3) is 0 Å². The molecule has 1 aromatic rings. The average molecular weight is 550 g/mol. The molecule has 1 aromatic carbocycles. The predicted octanol–water partition coefficient (Wildman–Crippen LogP) is 0.788. The second-order valence-electron chi connectivity index (χ2n) is 11.1. The number of hydrogen-bond donors (Lipinski definition) is 3. The van der Waals surface area contributed by atoms with Crippen molar-refractivity contribution in [3.05, 3.63) is 45.2 Å². The summed E-state index contributed by atoms with van der Waals surface area (Å²) in [5.74, 6) is -0.749. The fraction of sp³-hybridized carbons (Fsp3) is 0.517. The van der Waals surface area contributed by atoms with Crippen molar-refractivity contribution in [2.45, 2.75) is 69.9 Å². The number of piperazine rings is 1. The number of phenolic OH excluding ortho intramolecular Hbond substituents is 1. The lowest BCUT2D eigenvalue weighted by Gasteiger charge is -2.60. The predicted molar refractivity (Wildman–Crippen MR) is 144 cm³/mol. The van der Waals surface area contributed by atoms with E-state index in [2.05, 4.69) is 16.3 Å². The number of ketones is 2. The molecule has 4 aliphatic rings. The maximum Gasteiger partial charge on any atom is 0.236 e. The average Bonchev–Trinajstić information content (AvgIpc) is 2.91. The number of benzene rings is 1. The fourth-order valence-corrected chi connectivity index (χ4v) is 7.17. The zero-order valence-corrected chi connectivity index (χ0v) is 23.6. The number of allylic oxidation sites excluding steroid dienone is 2. The van der Waals surface area contributed by atoms with E-state index < -0.39 is 41.9 Å². The van der Waals surface area contributed by atoms with Crippen LogP contribution in [0, 0.1) is 18.3 Å². The molecule has 0 spiro atoms. The molecule has 212 valence electrons. The van der Waals surface area contributed by atoms with Gasteiger partial charge < -0.3 is 25.6 Å². The fourth-order valence-electron chi connectivity index (χ4n) is 7.17. The minimum atomic E-state index is -0.787. The number of fused-ring (bicyclic) bond motifs is 6. The molecule has 40 heavy (non-hydrogen) atoms. The van der Waals surface area contributed by atoms with Crippen LogP contribution in [-0.4, -0.2) is 90.4 Å². The molecule has 1 saturated heterocycles. The van der Waals surface area contributed by atoms with E-state index >= 15 is 0 Å². The zero-order chi connectivity index (χ0) is 29.2. The molecule has 5 rings (SSSR count). The monoisotopic (exact) mass is 549 g/mol. The van der Waals surface area contributed by atoms with Gasteiger partial charge in [0.2, 0.25) is 11.7 Å². The number of carbonyl (C=O) groups is 3. The highest BCUT2D eigenvalue weighted by Crippen LogP contribution is 2.53. The summed E-state index contributed by atoms with van der Waals surface area (Å²) in [6, 6.07) is 1.07. The van der Waals surface area contributed by atoms with Crippen LogP contribution < -0.4 is 15.8 Å². The summed E-state index contributed by atoms with van der Waals surface area (Å²) in [5.41, 5.74) is 9.01. The van der Waals surface area contributed by atoms with Crippen LogP contribution in [0.4, 0.5) is 0 Å². The highest BCUT2D eigenvalue weighted by Gasteiger charge is 2.57. The lowest BCUT2D eigenvalue weighted by molar-refractivity contribution is -0.125. The van der Waals surface area contributed by atoms with E-state index in [4.69, 9.17) is 15.2 Å². The number of nitriles is 1. The van der Waals surface area contributed by atoms with E-state index in [0.717, 1.165) is 11.1 Å². The topological polar surface area (TPSA) is 158 Å². The van der Waals surface area contributed by atoms with E-state index in [0.29, 0.717) is 23.3 Å². The Labute approximate surface area is 233 Å². The van der Waals surface area contributed by atoms with Gasteiger partial charge in [0.1, 0.15) is 6.04 Å². The van der Waals surface area contributed by atoms with Crippen molar-refractivity contribution in [2.24, 2.45) is 5.73 Å². The van der Waals surface area contributed by atoms with Crippen LogP contribution in [0.2, 0.25) is 0 Å². The Bertz CT molecular complexity index is 1420. The van der Waals surface area contributed by atoms with Crippen molar-refractivity contribution < 1.29 is 29.0 Å². The number of likely N-dealkylation sites (N-methyl/N-ethyl adjacent to an activating group) is 1. The third-order valence-corrected chi connectivity index (χ3v) is 8.95. The molecule has 11 heteroatoms. The third kappa shape index (κ3) is 3.85. The van der Waals surface area contributed by atoms with Gasteiger partial charge in [0.25, 0.3) is 0 Å². The number of hydrogen-bond acceptors (Lipinski definition) is 10. The maximum absolute atomic E-state index is 13.8. The van der Waals surface area contributed by atoms with Crippen molar-refractivity contribution >= 4 is 17.5 Å². The van der Waals surface area contributed by atoms with Crippen LogP contribution in [0.5, 0.6) is 11.5 Å². The summed E-state index contributed by atoms with van der Waals surface area (Å²) in [6.07, 6.45) is 0.670. The van der Waals surface area contributed by atoms with E-state index in [-0.39, 0.29) is 47.4 Å². The van der Waals surface area contributed by atoms with Crippen molar-refractivity contribution in [1.82, 2.24) is 15.1 Å². The number of aryl methyl sites for hydroxylation is 1. The highest BCUT2D eigenvalue weighted by atomic mass is 16.5. The lowest BCUT2D eigenvalue weighted by atomic mass is 9.69. The van der Waals surface area contributed by atoms with E-state index in [1.54, 1.807) is 13.8 Å². The molecule has 2 bridgehead atoms. The number of nitrogens with two attached hydrogens (primary N) is 1. The summed E-state index contributed by atoms with van der Waals surface area (Å²) in [4.78, 5) is 44.1. The Morgan fingerprint density at radius 1 is 1.23 bits per heavy atom. The van der Waals surface area contributed by atoms with Gasteiger partial charge in [-0.2, -0.15) is 5.26 Å². The van der Waals surface area contributed by atoms with Gasteiger partial charge in [0.05, 0.1) is 38.4 Å². The van der Waals surface area contributed by atoms with Crippen molar-refractivity contribution in [2.75, 3.05) is 27.8 Å². The molecule has 11 nitrogen and oxygen atoms in total. The van der Waals surface area contributed by atoms with Gasteiger partial charge in [0, 0.05) is 40.9 Å². The quantitative estimate of drug-likeness (QED) is 0.448. The molecule has 6 atom stereocenters. The molecule has 3 aliphatic heterocycles. The van der Waals surface area contributed by atoms with Gasteiger partial charge >= 0.3 is 0 Å². The molecule has 0 saturated carbocycles. The molecule has 3 heterocycles. The molecule has 1 aliphatic carbocycles. The number of Topliss-reactive ketones (excluding diaryl/α,β-unsaturated/α-hetero) is 2. The molecular weight excluding hydrogens is 514 g/mol. The largest absolute Gasteiger partial charge is 0.504 e. The zero-order valence-electron chi connectivity index (χ0n) is 23.6. The van der Waals surface area contributed by atoms with Gasteiger partial charge in [-0.3, -0.25) is 24.2 Å². The normalized spacial score (nSPS) is 28.8. The van der Waals surface area contributed by atoms with Crippen LogP contribution >= 0.6 is 0 Å². The van der Waals surface area contributed by atoms with Crippen LogP contribution in [-0.2, 0) is 25.5 Å². The number of carbonyl (C=O) groups excluding carboxylic acids is 3. The van der Waals surface area contributed by atoms with Gasteiger partial charge in [-0.15, -0.1) is 0 Å². The van der Waals surface area contributed by atoms with E-state index in [9.17, 15) is 24.8 Å². The first kappa shape index (κ1) is 27.8. The number of rotatable bonds is 5. The van der Waals surface area contributed by atoms with Crippen LogP contribution in [0.3, 0.4) is 0 Å². The number of amides is 1. The second kappa shape index (κ2) is 10.0. The first-order chi connectivity index (χ1) is 19.0. The Morgan fingerprint density at radius 3 is 2.52 bits per heavy atom. The van der Waals surface area contributed by atoms with Crippen LogP contribution in [0.15, 0.2) is 28.5 Å². The van der Waals surface area contributed by atoms with Gasteiger partial charge in [-0.05, 0) is 51.8 Å². The smallest absolute Gasteiger partial charge is 0.236 e.